The van der Waals surface area contributed by atoms with E-state index in [1.165, 1.54) is 0 Å². The first-order chi connectivity index (χ1) is 4.88. The highest BCUT2D eigenvalue weighted by Gasteiger charge is 2.25. The highest BCUT2D eigenvalue weighted by atomic mass is 35.6. The molecule has 2 N–H and O–H groups in total. The molecule has 0 aromatic heterocycles. The van der Waals surface area contributed by atoms with Crippen molar-refractivity contribution in [1.29, 1.82) is 0 Å². The van der Waals surface area contributed by atoms with Crippen molar-refractivity contribution < 1.29 is 0 Å². The van der Waals surface area contributed by atoms with Crippen LogP contribution in [-0.2, 0) is 0 Å². The Balaban J connectivity index is 3.77. The van der Waals surface area contributed by atoms with Gasteiger partial charge < -0.3 is 10.3 Å². The van der Waals surface area contributed by atoms with Crippen LogP contribution in [0.3, 0.4) is 0 Å². The molecule has 2 atom stereocenters. The summed E-state index contributed by atoms with van der Waals surface area (Å²) in [6.07, 6.45) is 0.323. The van der Waals surface area contributed by atoms with Gasteiger partial charge >= 0.3 is 0 Å². The lowest BCUT2D eigenvalue weighted by Gasteiger charge is -2.27. The second-order valence-electron chi connectivity index (χ2n) is 3.91. The third-order valence-corrected chi connectivity index (χ3v) is 6.24. The second kappa shape index (κ2) is 4.45. The Morgan fingerprint density at radius 1 is 1.36 bits per heavy atom. The van der Waals surface area contributed by atoms with Crippen molar-refractivity contribution >= 4 is 19.3 Å². The van der Waals surface area contributed by atoms with E-state index in [2.05, 4.69) is 38.0 Å². The van der Waals surface area contributed by atoms with Crippen LogP contribution in [0, 0.1) is 0 Å². The summed E-state index contributed by atoms with van der Waals surface area (Å²) in [7, 11) is 0.623. The standard InChI is InChI=1S/C7H19ClN2Si/c1-6(9-5)10-11(8)7(2,3)4/h6,9-11H,1-5H3. The number of hydrogen-bond donors (Lipinski definition) is 2. The molecule has 0 bridgehead atoms. The summed E-state index contributed by atoms with van der Waals surface area (Å²) in [6.45, 7) is 8.60. The van der Waals surface area contributed by atoms with Crippen LogP contribution >= 0.6 is 11.1 Å². The fourth-order valence-electron chi connectivity index (χ4n) is 0.553. The summed E-state index contributed by atoms with van der Waals surface area (Å²) < 4.78 is 0. The van der Waals surface area contributed by atoms with Gasteiger partial charge in [0.1, 0.15) is 0 Å². The van der Waals surface area contributed by atoms with Crippen molar-refractivity contribution in [3.8, 4) is 0 Å². The zero-order chi connectivity index (χ0) is 9.07. The molecule has 0 rings (SSSR count). The summed E-state index contributed by atoms with van der Waals surface area (Å²) >= 11 is 6.22. The van der Waals surface area contributed by atoms with Crippen molar-refractivity contribution in [1.82, 2.24) is 10.3 Å². The topological polar surface area (TPSA) is 24.1 Å². The molecule has 0 saturated carbocycles. The molecule has 0 radical (unpaired) electrons. The number of nitrogens with one attached hydrogen (secondary N) is 2. The second-order valence-corrected chi connectivity index (χ2v) is 8.01. The molecule has 0 aromatic rings. The molecule has 0 fully saturated rings. The van der Waals surface area contributed by atoms with Gasteiger partial charge in [-0.3, -0.25) is 0 Å². The minimum absolute atomic E-state index is 0.243. The van der Waals surface area contributed by atoms with Crippen LogP contribution in [-0.4, -0.2) is 21.5 Å². The van der Waals surface area contributed by atoms with E-state index >= 15 is 0 Å². The van der Waals surface area contributed by atoms with Gasteiger partial charge in [-0.25, -0.2) is 0 Å². The summed E-state index contributed by atoms with van der Waals surface area (Å²) in [5.41, 5.74) is 0. The van der Waals surface area contributed by atoms with Gasteiger partial charge in [0, 0.05) is 6.17 Å². The molecule has 68 valence electrons. The molecule has 0 aliphatic rings. The molecule has 0 spiro atoms. The van der Waals surface area contributed by atoms with E-state index in [4.69, 9.17) is 11.1 Å². The van der Waals surface area contributed by atoms with Crippen LogP contribution in [0.4, 0.5) is 0 Å². The first kappa shape index (κ1) is 11.4. The zero-order valence-electron chi connectivity index (χ0n) is 8.03. The average molecular weight is 195 g/mol. The summed E-state index contributed by atoms with van der Waals surface area (Å²) in [5, 5.41) is 3.35. The smallest absolute Gasteiger partial charge is 0.217 e. The lowest BCUT2D eigenvalue weighted by molar-refractivity contribution is 0.570. The monoisotopic (exact) mass is 194 g/mol. The van der Waals surface area contributed by atoms with E-state index in [9.17, 15) is 0 Å². The van der Waals surface area contributed by atoms with Crippen LogP contribution in [0.5, 0.6) is 0 Å². The maximum absolute atomic E-state index is 6.22. The molecule has 0 aromatic carbocycles. The van der Waals surface area contributed by atoms with Crippen LogP contribution in [0.25, 0.3) is 0 Å². The van der Waals surface area contributed by atoms with Crippen molar-refractivity contribution in [3.63, 3.8) is 0 Å². The average Bonchev–Trinajstić information content (AvgIpc) is 1.85. The van der Waals surface area contributed by atoms with Gasteiger partial charge in [0.05, 0.1) is 0 Å². The Hall–Kier alpha value is 0.427. The van der Waals surface area contributed by atoms with Gasteiger partial charge in [-0.2, -0.15) is 0 Å². The number of halogens is 1. The van der Waals surface area contributed by atoms with Crippen molar-refractivity contribution in [3.05, 3.63) is 0 Å². The molecular formula is C7H19ClN2Si. The Morgan fingerprint density at radius 2 is 1.82 bits per heavy atom. The highest BCUT2D eigenvalue weighted by Crippen LogP contribution is 2.27. The van der Waals surface area contributed by atoms with E-state index in [1.807, 2.05) is 7.05 Å². The molecule has 11 heavy (non-hydrogen) atoms. The highest BCUT2D eigenvalue weighted by molar-refractivity contribution is 7.07. The van der Waals surface area contributed by atoms with Gasteiger partial charge in [-0.15, -0.1) is 11.1 Å². The van der Waals surface area contributed by atoms with E-state index in [1.54, 1.807) is 0 Å². The lowest BCUT2D eigenvalue weighted by atomic mass is 10.3. The maximum atomic E-state index is 6.22. The third-order valence-electron chi connectivity index (χ3n) is 1.59. The van der Waals surface area contributed by atoms with Gasteiger partial charge in [0.25, 0.3) is 0 Å². The Morgan fingerprint density at radius 3 is 2.09 bits per heavy atom. The summed E-state index contributed by atoms with van der Waals surface area (Å²) in [5.74, 6) is 0. The van der Waals surface area contributed by atoms with E-state index in [-0.39, 0.29) is 5.04 Å². The predicted octanol–water partition coefficient (Wildman–Crippen LogP) is 1.40. The third kappa shape index (κ3) is 4.79. The Labute approximate surface area is 76.1 Å². The summed E-state index contributed by atoms with van der Waals surface area (Å²) in [4.78, 5) is 3.36. The van der Waals surface area contributed by atoms with E-state index in [0.717, 1.165) is 0 Å². The molecular weight excluding hydrogens is 176 g/mol. The van der Waals surface area contributed by atoms with E-state index < -0.39 is 8.27 Å². The predicted molar refractivity (Wildman–Crippen MR) is 54.4 cm³/mol. The largest absolute Gasteiger partial charge is 0.313 e. The van der Waals surface area contributed by atoms with Crippen molar-refractivity contribution in [2.24, 2.45) is 0 Å². The fraction of sp³-hybridized carbons (Fsp3) is 1.00. The molecule has 0 heterocycles. The molecule has 2 nitrogen and oxygen atoms in total. The van der Waals surface area contributed by atoms with Gasteiger partial charge in [0.2, 0.25) is 8.27 Å². The molecule has 0 saturated heterocycles. The quantitative estimate of drug-likeness (QED) is 0.403. The van der Waals surface area contributed by atoms with Crippen LogP contribution in [0.15, 0.2) is 0 Å². The molecule has 0 amide bonds. The van der Waals surface area contributed by atoms with Crippen LogP contribution in [0.2, 0.25) is 5.04 Å². The van der Waals surface area contributed by atoms with Gasteiger partial charge in [0.15, 0.2) is 0 Å². The molecule has 0 aliphatic carbocycles. The lowest BCUT2D eigenvalue weighted by Crippen LogP contribution is -2.47. The number of rotatable bonds is 3. The first-order valence-electron chi connectivity index (χ1n) is 3.95. The maximum Gasteiger partial charge on any atom is 0.217 e. The van der Waals surface area contributed by atoms with Gasteiger partial charge in [-0.1, -0.05) is 20.8 Å². The number of hydrogen-bond acceptors (Lipinski definition) is 2. The summed E-state index contributed by atoms with van der Waals surface area (Å²) in [6, 6.07) is 0. The molecule has 2 unspecified atom stereocenters. The minimum Gasteiger partial charge on any atom is -0.313 e. The van der Waals surface area contributed by atoms with Crippen LogP contribution in [0.1, 0.15) is 27.7 Å². The SMILES string of the molecule is CNC(C)N[SiH](Cl)C(C)(C)C. The van der Waals surface area contributed by atoms with Crippen molar-refractivity contribution in [2.75, 3.05) is 7.05 Å². The zero-order valence-corrected chi connectivity index (χ0v) is 9.94. The normalized spacial score (nSPS) is 18.0. The van der Waals surface area contributed by atoms with Crippen LogP contribution < -0.4 is 10.3 Å². The minimum atomic E-state index is -1.31. The molecule has 4 heteroatoms. The van der Waals surface area contributed by atoms with Crippen molar-refractivity contribution in [2.45, 2.75) is 38.9 Å². The Bertz CT molecular complexity index is 113. The first-order valence-corrected chi connectivity index (χ1v) is 6.85. The molecule has 0 aliphatic heterocycles. The fourth-order valence-corrected chi connectivity index (χ4v) is 2.23. The van der Waals surface area contributed by atoms with E-state index in [0.29, 0.717) is 6.17 Å². The Kier molecular flexibility index (Phi) is 4.62. The van der Waals surface area contributed by atoms with Gasteiger partial charge in [-0.05, 0) is 19.0 Å².